The van der Waals surface area contributed by atoms with Crippen molar-refractivity contribution in [3.8, 4) is 0 Å². The zero-order valence-electron chi connectivity index (χ0n) is 12.2. The van der Waals surface area contributed by atoms with E-state index in [9.17, 15) is 9.59 Å². The van der Waals surface area contributed by atoms with Gasteiger partial charge in [-0.25, -0.2) is 0 Å². The zero-order chi connectivity index (χ0) is 14.7. The van der Waals surface area contributed by atoms with Gasteiger partial charge in [-0.05, 0) is 13.8 Å². The first-order valence-electron chi connectivity index (χ1n) is 6.84. The first-order chi connectivity index (χ1) is 9.57. The van der Waals surface area contributed by atoms with Crippen molar-refractivity contribution in [2.24, 2.45) is 11.8 Å². The lowest BCUT2D eigenvalue weighted by atomic mass is 9.80. The minimum absolute atomic E-state index is 0.100. The van der Waals surface area contributed by atoms with Crippen LogP contribution in [-0.2, 0) is 19.1 Å². The van der Waals surface area contributed by atoms with E-state index in [1.807, 2.05) is 26.0 Å². The van der Waals surface area contributed by atoms with Crippen molar-refractivity contribution < 1.29 is 19.1 Å². The summed E-state index contributed by atoms with van der Waals surface area (Å²) in [4.78, 5) is 26.1. The van der Waals surface area contributed by atoms with Gasteiger partial charge >= 0.3 is 0 Å². The number of hydrogen-bond donors (Lipinski definition) is 0. The molecule has 0 saturated carbocycles. The highest BCUT2D eigenvalue weighted by molar-refractivity contribution is 6.08. The molecule has 0 aromatic carbocycles. The fraction of sp³-hybridized carbons (Fsp3) is 0.600. The molecule has 1 heterocycles. The number of fused-ring (bicyclic) bond motifs is 1. The predicted molar refractivity (Wildman–Crippen MR) is 73.9 cm³/mol. The molecule has 5 heteroatoms. The van der Waals surface area contributed by atoms with Gasteiger partial charge in [-0.2, -0.15) is 0 Å². The van der Waals surface area contributed by atoms with Gasteiger partial charge in [-0.15, -0.1) is 0 Å². The molecule has 110 valence electrons. The summed E-state index contributed by atoms with van der Waals surface area (Å²) >= 11 is 0. The molecule has 0 spiro atoms. The number of imide groups is 1. The summed E-state index contributed by atoms with van der Waals surface area (Å²) in [5, 5.41) is 0. The molecule has 5 nitrogen and oxygen atoms in total. The molecule has 1 fully saturated rings. The first-order valence-corrected chi connectivity index (χ1v) is 6.84. The minimum atomic E-state index is -0.313. The second kappa shape index (κ2) is 6.33. The van der Waals surface area contributed by atoms with E-state index in [1.165, 1.54) is 4.90 Å². The largest absolute Gasteiger partial charge is 0.382 e. The smallest absolute Gasteiger partial charge is 0.237 e. The molecule has 20 heavy (non-hydrogen) atoms. The van der Waals surface area contributed by atoms with Gasteiger partial charge in [0.25, 0.3) is 0 Å². The van der Waals surface area contributed by atoms with Gasteiger partial charge < -0.3 is 9.47 Å². The van der Waals surface area contributed by atoms with E-state index in [0.29, 0.717) is 26.4 Å². The Labute approximate surface area is 119 Å². The summed E-state index contributed by atoms with van der Waals surface area (Å²) in [5.74, 6) is -0.828. The van der Waals surface area contributed by atoms with Crippen LogP contribution < -0.4 is 0 Å². The fourth-order valence-corrected chi connectivity index (χ4v) is 2.74. The molecule has 1 saturated heterocycles. The lowest BCUT2D eigenvalue weighted by Gasteiger charge is -2.20. The number of carbonyl (C=O) groups excluding carboxylic acids is 2. The zero-order valence-corrected chi connectivity index (χ0v) is 12.2. The van der Waals surface area contributed by atoms with E-state index in [-0.39, 0.29) is 23.7 Å². The molecule has 1 aliphatic carbocycles. The number of nitrogens with zero attached hydrogens (tertiary/aromatic N) is 1. The Morgan fingerprint density at radius 2 is 1.55 bits per heavy atom. The number of likely N-dealkylation sites (tertiary alicyclic amines) is 1. The molecule has 1 aliphatic heterocycles. The molecular formula is C15H21NO4. The van der Waals surface area contributed by atoms with Crippen molar-refractivity contribution in [3.05, 3.63) is 23.3 Å². The van der Waals surface area contributed by atoms with Crippen LogP contribution in [-0.4, -0.2) is 50.2 Å². The third-order valence-electron chi connectivity index (χ3n) is 3.88. The molecule has 0 bridgehead atoms. The van der Waals surface area contributed by atoms with Crippen molar-refractivity contribution >= 4 is 11.8 Å². The molecule has 2 aliphatic rings. The maximum absolute atomic E-state index is 12.4. The van der Waals surface area contributed by atoms with Gasteiger partial charge in [0.2, 0.25) is 11.8 Å². The van der Waals surface area contributed by atoms with E-state index in [1.54, 1.807) is 7.11 Å². The van der Waals surface area contributed by atoms with Crippen LogP contribution in [0.1, 0.15) is 13.8 Å². The van der Waals surface area contributed by atoms with Crippen molar-refractivity contribution in [2.75, 3.05) is 33.5 Å². The molecule has 2 amide bonds. The molecule has 0 aromatic rings. The van der Waals surface area contributed by atoms with Gasteiger partial charge in [0.05, 0.1) is 38.2 Å². The van der Waals surface area contributed by atoms with E-state index in [0.717, 1.165) is 11.1 Å². The number of allylic oxidation sites excluding steroid dienone is 2. The van der Waals surface area contributed by atoms with Gasteiger partial charge in [0.1, 0.15) is 0 Å². The summed E-state index contributed by atoms with van der Waals surface area (Å²) in [7, 11) is 1.60. The molecule has 0 aromatic heterocycles. The number of methoxy groups -OCH3 is 1. The van der Waals surface area contributed by atoms with E-state index in [2.05, 4.69) is 0 Å². The number of hydrogen-bond acceptors (Lipinski definition) is 4. The fourth-order valence-electron chi connectivity index (χ4n) is 2.74. The number of amides is 2. The summed E-state index contributed by atoms with van der Waals surface area (Å²) in [6.45, 7) is 5.46. The van der Waals surface area contributed by atoms with Crippen molar-refractivity contribution in [1.29, 1.82) is 0 Å². The van der Waals surface area contributed by atoms with E-state index < -0.39 is 0 Å². The second-order valence-corrected chi connectivity index (χ2v) is 5.21. The molecule has 2 rings (SSSR count). The monoisotopic (exact) mass is 279 g/mol. The van der Waals surface area contributed by atoms with Crippen LogP contribution in [0.25, 0.3) is 0 Å². The van der Waals surface area contributed by atoms with Gasteiger partial charge in [-0.3, -0.25) is 14.5 Å². The van der Waals surface area contributed by atoms with Gasteiger partial charge in [0, 0.05) is 7.11 Å². The Kier molecular flexibility index (Phi) is 4.73. The SMILES string of the molecule is COCCOCCN1C(=O)C2C(C)=CC=C(C)C2C1=O. The Morgan fingerprint density at radius 3 is 2.05 bits per heavy atom. The molecule has 2 atom stereocenters. The second-order valence-electron chi connectivity index (χ2n) is 5.21. The maximum Gasteiger partial charge on any atom is 0.237 e. The van der Waals surface area contributed by atoms with Gasteiger partial charge in [-0.1, -0.05) is 23.3 Å². The van der Waals surface area contributed by atoms with E-state index in [4.69, 9.17) is 9.47 Å². The van der Waals surface area contributed by atoms with Crippen LogP contribution in [0.3, 0.4) is 0 Å². The molecule has 0 radical (unpaired) electrons. The average Bonchev–Trinajstić information content (AvgIpc) is 2.68. The van der Waals surface area contributed by atoms with E-state index >= 15 is 0 Å². The van der Waals surface area contributed by atoms with Crippen LogP contribution in [0.5, 0.6) is 0 Å². The quantitative estimate of drug-likeness (QED) is 0.541. The lowest BCUT2D eigenvalue weighted by molar-refractivity contribution is -0.140. The van der Waals surface area contributed by atoms with Crippen LogP contribution in [0.4, 0.5) is 0 Å². The Bertz CT molecular complexity index is 430. The normalized spacial score (nSPS) is 25.6. The van der Waals surface area contributed by atoms with Crippen LogP contribution in [0.15, 0.2) is 23.3 Å². The summed E-state index contributed by atoms with van der Waals surface area (Å²) in [5.41, 5.74) is 1.92. The highest BCUT2D eigenvalue weighted by Gasteiger charge is 2.49. The highest BCUT2D eigenvalue weighted by Crippen LogP contribution is 2.38. The first kappa shape index (κ1) is 14.9. The minimum Gasteiger partial charge on any atom is -0.382 e. The summed E-state index contributed by atoms with van der Waals surface area (Å²) < 4.78 is 10.2. The number of ether oxygens (including phenoxy) is 2. The van der Waals surface area contributed by atoms with Crippen molar-refractivity contribution in [3.63, 3.8) is 0 Å². The van der Waals surface area contributed by atoms with Crippen molar-refractivity contribution in [1.82, 2.24) is 4.90 Å². The summed E-state index contributed by atoms with van der Waals surface area (Å²) in [6.07, 6.45) is 3.86. The summed E-state index contributed by atoms with van der Waals surface area (Å²) in [6, 6.07) is 0. The third kappa shape index (κ3) is 2.69. The maximum atomic E-state index is 12.4. The van der Waals surface area contributed by atoms with Crippen LogP contribution >= 0.6 is 0 Å². The average molecular weight is 279 g/mol. The van der Waals surface area contributed by atoms with Crippen LogP contribution in [0.2, 0.25) is 0 Å². The topological polar surface area (TPSA) is 55.8 Å². The molecule has 0 N–H and O–H groups in total. The lowest BCUT2D eigenvalue weighted by Crippen LogP contribution is -2.34. The van der Waals surface area contributed by atoms with Crippen molar-refractivity contribution in [2.45, 2.75) is 13.8 Å². The number of rotatable bonds is 6. The Hall–Kier alpha value is -1.46. The standard InChI is InChI=1S/C15H21NO4/c1-10-4-5-11(2)13-12(10)14(17)16(15(13)18)6-7-20-9-8-19-3/h4-5,12-13H,6-9H2,1-3H3. The van der Waals surface area contributed by atoms with Gasteiger partial charge in [0.15, 0.2) is 0 Å². The number of carbonyl (C=O) groups is 2. The third-order valence-corrected chi connectivity index (χ3v) is 3.88. The Morgan fingerprint density at radius 1 is 1.00 bits per heavy atom. The molecular weight excluding hydrogens is 258 g/mol. The highest BCUT2D eigenvalue weighted by atomic mass is 16.5. The molecule has 2 unspecified atom stereocenters. The predicted octanol–water partition coefficient (Wildman–Crippen LogP) is 1.16. The Balaban J connectivity index is 1.99. The van der Waals surface area contributed by atoms with Crippen LogP contribution in [0, 0.1) is 11.8 Å².